The maximum Gasteiger partial charge on any atom is 0.120 e. The molecule has 1 atom stereocenters. The molecule has 0 bridgehead atoms. The van der Waals surface area contributed by atoms with Crippen molar-refractivity contribution in [2.45, 2.75) is 18.9 Å². The maximum absolute atomic E-state index is 9.65. The Balaban J connectivity index is 2.29. The monoisotopic (exact) mass is 193 g/mol. The highest BCUT2D eigenvalue weighted by Gasteiger charge is 2.33. The van der Waals surface area contributed by atoms with Gasteiger partial charge in [-0.25, -0.2) is 0 Å². The van der Waals surface area contributed by atoms with E-state index in [-0.39, 0.29) is 5.54 Å². The highest BCUT2D eigenvalue weighted by atomic mass is 16.5. The van der Waals surface area contributed by atoms with E-state index in [0.29, 0.717) is 12.4 Å². The number of ether oxygens (including phenoxy) is 1. The number of benzene rings is 1. The van der Waals surface area contributed by atoms with Gasteiger partial charge in [0.05, 0.1) is 12.1 Å². The lowest BCUT2D eigenvalue weighted by molar-refractivity contribution is 0.153. The molecule has 2 N–H and O–H groups in total. The molecular formula is C11H15NO2. The van der Waals surface area contributed by atoms with Gasteiger partial charge in [-0.05, 0) is 19.1 Å². The molecule has 2 rings (SSSR count). The van der Waals surface area contributed by atoms with Crippen LogP contribution in [0.2, 0.25) is 0 Å². The van der Waals surface area contributed by atoms with Gasteiger partial charge in [-0.15, -0.1) is 0 Å². The van der Waals surface area contributed by atoms with Crippen LogP contribution in [0.3, 0.4) is 0 Å². The van der Waals surface area contributed by atoms with Crippen molar-refractivity contribution >= 4 is 5.69 Å². The molecule has 0 saturated heterocycles. The van der Waals surface area contributed by atoms with Crippen molar-refractivity contribution in [1.82, 2.24) is 0 Å². The quantitative estimate of drug-likeness (QED) is 0.752. The molecule has 1 unspecified atom stereocenters. The van der Waals surface area contributed by atoms with Gasteiger partial charge >= 0.3 is 0 Å². The van der Waals surface area contributed by atoms with Crippen molar-refractivity contribution in [1.29, 1.82) is 0 Å². The number of phenols is 1. The summed E-state index contributed by atoms with van der Waals surface area (Å²) in [6, 6.07) is 5.55. The van der Waals surface area contributed by atoms with E-state index in [0.717, 1.165) is 17.7 Å². The summed E-state index contributed by atoms with van der Waals surface area (Å²) in [5.41, 5.74) is 1.92. The largest absolute Gasteiger partial charge is 0.508 e. The fourth-order valence-electron chi connectivity index (χ4n) is 2.04. The SMILES string of the molecule is COCC1(C)Cc2c(O)cccc2N1. The van der Waals surface area contributed by atoms with Crippen LogP contribution in [0.4, 0.5) is 5.69 Å². The molecule has 1 aromatic carbocycles. The molecule has 0 aliphatic carbocycles. The fraction of sp³-hybridized carbons (Fsp3) is 0.455. The zero-order valence-corrected chi connectivity index (χ0v) is 8.50. The van der Waals surface area contributed by atoms with Crippen LogP contribution in [0, 0.1) is 0 Å². The second kappa shape index (κ2) is 3.17. The Morgan fingerprint density at radius 3 is 3.00 bits per heavy atom. The molecule has 0 aromatic heterocycles. The maximum atomic E-state index is 9.65. The molecule has 14 heavy (non-hydrogen) atoms. The standard InChI is InChI=1S/C11H15NO2/c1-11(7-14-2)6-8-9(12-11)4-3-5-10(8)13/h3-5,12-13H,6-7H2,1-2H3. The van der Waals surface area contributed by atoms with Gasteiger partial charge in [0.2, 0.25) is 0 Å². The molecule has 1 aliphatic heterocycles. The third-order valence-electron chi connectivity index (χ3n) is 2.62. The Morgan fingerprint density at radius 2 is 2.36 bits per heavy atom. The highest BCUT2D eigenvalue weighted by molar-refractivity contribution is 5.63. The van der Waals surface area contributed by atoms with Gasteiger partial charge in [-0.2, -0.15) is 0 Å². The number of hydrogen-bond donors (Lipinski definition) is 2. The molecular weight excluding hydrogens is 178 g/mol. The van der Waals surface area contributed by atoms with Gasteiger partial charge in [0.25, 0.3) is 0 Å². The summed E-state index contributed by atoms with van der Waals surface area (Å²) >= 11 is 0. The normalized spacial score (nSPS) is 24.4. The predicted molar refractivity (Wildman–Crippen MR) is 55.7 cm³/mol. The van der Waals surface area contributed by atoms with Crippen LogP contribution in [0.15, 0.2) is 18.2 Å². The number of fused-ring (bicyclic) bond motifs is 1. The minimum Gasteiger partial charge on any atom is -0.508 e. The van der Waals surface area contributed by atoms with Gasteiger partial charge in [-0.3, -0.25) is 0 Å². The van der Waals surface area contributed by atoms with Crippen LogP contribution >= 0.6 is 0 Å². The number of methoxy groups -OCH3 is 1. The number of anilines is 1. The Bertz CT molecular complexity index is 351. The van der Waals surface area contributed by atoms with E-state index >= 15 is 0 Å². The van der Waals surface area contributed by atoms with Gasteiger partial charge in [0.15, 0.2) is 0 Å². The van der Waals surface area contributed by atoms with E-state index in [1.165, 1.54) is 0 Å². The first-order valence-electron chi connectivity index (χ1n) is 4.73. The molecule has 0 radical (unpaired) electrons. The summed E-state index contributed by atoms with van der Waals surface area (Å²) in [4.78, 5) is 0. The summed E-state index contributed by atoms with van der Waals surface area (Å²) in [6.45, 7) is 2.73. The first-order valence-corrected chi connectivity index (χ1v) is 4.73. The third-order valence-corrected chi connectivity index (χ3v) is 2.62. The van der Waals surface area contributed by atoms with Crippen LogP contribution in [0.25, 0.3) is 0 Å². The highest BCUT2D eigenvalue weighted by Crippen LogP contribution is 2.37. The van der Waals surface area contributed by atoms with E-state index in [9.17, 15) is 5.11 Å². The van der Waals surface area contributed by atoms with Gasteiger partial charge in [0, 0.05) is 24.8 Å². The van der Waals surface area contributed by atoms with Crippen molar-refractivity contribution in [3.05, 3.63) is 23.8 Å². The first kappa shape index (κ1) is 9.34. The number of rotatable bonds is 2. The summed E-state index contributed by atoms with van der Waals surface area (Å²) in [5.74, 6) is 0.370. The first-order chi connectivity index (χ1) is 6.64. The van der Waals surface area contributed by atoms with E-state index in [2.05, 4.69) is 12.2 Å². The molecule has 3 nitrogen and oxygen atoms in total. The number of nitrogens with one attached hydrogen (secondary N) is 1. The lowest BCUT2D eigenvalue weighted by atomic mass is 9.98. The molecule has 1 aromatic rings. The van der Waals surface area contributed by atoms with Gasteiger partial charge in [-0.1, -0.05) is 6.07 Å². The molecule has 3 heteroatoms. The Labute approximate surface area is 83.7 Å². The predicted octanol–water partition coefficient (Wildman–Crippen LogP) is 1.77. The number of aromatic hydroxyl groups is 1. The third kappa shape index (κ3) is 1.44. The topological polar surface area (TPSA) is 41.5 Å². The van der Waals surface area contributed by atoms with Crippen LogP contribution in [-0.2, 0) is 11.2 Å². The fourth-order valence-corrected chi connectivity index (χ4v) is 2.04. The molecule has 0 saturated carbocycles. The Hall–Kier alpha value is -1.22. The Morgan fingerprint density at radius 1 is 1.57 bits per heavy atom. The lowest BCUT2D eigenvalue weighted by Crippen LogP contribution is -2.37. The van der Waals surface area contributed by atoms with Crippen molar-refractivity contribution < 1.29 is 9.84 Å². The van der Waals surface area contributed by atoms with E-state index in [1.54, 1.807) is 13.2 Å². The second-order valence-corrected chi connectivity index (χ2v) is 4.10. The van der Waals surface area contributed by atoms with Crippen molar-refractivity contribution in [2.24, 2.45) is 0 Å². The van der Waals surface area contributed by atoms with Crippen molar-refractivity contribution in [3.63, 3.8) is 0 Å². The summed E-state index contributed by atoms with van der Waals surface area (Å²) in [5, 5.41) is 13.0. The van der Waals surface area contributed by atoms with E-state index in [4.69, 9.17) is 4.74 Å². The molecule has 0 spiro atoms. The van der Waals surface area contributed by atoms with Crippen molar-refractivity contribution in [2.75, 3.05) is 19.0 Å². The van der Waals surface area contributed by atoms with E-state index in [1.807, 2.05) is 12.1 Å². The number of hydrogen-bond acceptors (Lipinski definition) is 3. The summed E-state index contributed by atoms with van der Waals surface area (Å²) < 4.78 is 5.16. The zero-order valence-electron chi connectivity index (χ0n) is 8.50. The molecule has 0 fully saturated rings. The molecule has 76 valence electrons. The van der Waals surface area contributed by atoms with Crippen molar-refractivity contribution in [3.8, 4) is 5.75 Å². The zero-order chi connectivity index (χ0) is 10.2. The average Bonchev–Trinajstić information content (AvgIpc) is 2.44. The van der Waals surface area contributed by atoms with Gasteiger partial charge in [0.1, 0.15) is 5.75 Å². The minimum atomic E-state index is -0.0874. The molecule has 1 heterocycles. The van der Waals surface area contributed by atoms with Crippen LogP contribution in [-0.4, -0.2) is 24.4 Å². The number of phenolic OH excluding ortho intramolecular Hbond substituents is 1. The summed E-state index contributed by atoms with van der Waals surface area (Å²) in [7, 11) is 1.69. The molecule has 0 amide bonds. The van der Waals surface area contributed by atoms with Gasteiger partial charge < -0.3 is 15.2 Å². The van der Waals surface area contributed by atoms with Crippen LogP contribution in [0.1, 0.15) is 12.5 Å². The smallest absolute Gasteiger partial charge is 0.120 e. The Kier molecular flexibility index (Phi) is 2.11. The van der Waals surface area contributed by atoms with Crippen LogP contribution < -0.4 is 5.32 Å². The van der Waals surface area contributed by atoms with Crippen LogP contribution in [0.5, 0.6) is 5.75 Å². The second-order valence-electron chi connectivity index (χ2n) is 4.10. The summed E-state index contributed by atoms with van der Waals surface area (Å²) in [6.07, 6.45) is 0.808. The molecule has 1 aliphatic rings. The average molecular weight is 193 g/mol. The lowest BCUT2D eigenvalue weighted by Gasteiger charge is -2.23. The van der Waals surface area contributed by atoms with E-state index < -0.39 is 0 Å². The minimum absolute atomic E-state index is 0.0874.